The molecule has 0 aromatic heterocycles. The van der Waals surface area contributed by atoms with E-state index >= 15 is 0 Å². The summed E-state index contributed by atoms with van der Waals surface area (Å²) in [6, 6.07) is 0. The van der Waals surface area contributed by atoms with Gasteiger partial charge in [0.2, 0.25) is 0 Å². The van der Waals surface area contributed by atoms with Gasteiger partial charge in [0.25, 0.3) is 5.95 Å². The first-order valence-corrected chi connectivity index (χ1v) is 1.31. The maximum absolute atomic E-state index is 7.78. The number of hydrogen-bond donors (Lipinski definition) is 2. The van der Waals surface area contributed by atoms with E-state index < -0.39 is 5.95 Å². The van der Waals surface area contributed by atoms with E-state index in [2.05, 4.69) is 0 Å². The number of hydrogen-bond acceptors (Lipinski definition) is 2. The van der Waals surface area contributed by atoms with E-state index in [9.17, 15) is 0 Å². The molecule has 2 nitrogen and oxygen atoms in total. The summed E-state index contributed by atoms with van der Waals surface area (Å²) in [5.74, 6) is -0.620. The van der Waals surface area contributed by atoms with Gasteiger partial charge in [-0.15, -0.1) is 0 Å². The van der Waals surface area contributed by atoms with Crippen LogP contribution < -0.4 is 0 Å². The van der Waals surface area contributed by atoms with Crippen molar-refractivity contribution in [2.24, 2.45) is 0 Å². The second-order valence-corrected chi connectivity index (χ2v) is 0.647. The first-order chi connectivity index (χ1) is 2.27. The Hall–Kier alpha value is -0.0626. The number of allylic oxidation sites excluding steroid dienone is 1. The monoisotopic (exact) mass is 82.1 g/mol. The number of aliphatic hydroxyl groups is 2. The summed E-state index contributed by atoms with van der Waals surface area (Å²) < 4.78 is 0. The summed E-state index contributed by atoms with van der Waals surface area (Å²) in [5, 5.41) is 15.6. The van der Waals surface area contributed by atoms with Gasteiger partial charge < -0.3 is 10.2 Å². The Balaban J connectivity index is 0. The van der Waals surface area contributed by atoms with Crippen LogP contribution in [0.4, 0.5) is 0 Å². The van der Waals surface area contributed by atoms with Crippen LogP contribution >= 0.6 is 0 Å². The molecule has 0 saturated heterocycles. The Bertz CT molecular complexity index is 46.8. The van der Waals surface area contributed by atoms with Gasteiger partial charge in [0.05, 0.1) is 0 Å². The van der Waals surface area contributed by atoms with Gasteiger partial charge >= 0.3 is 18.9 Å². The van der Waals surface area contributed by atoms with E-state index in [0.29, 0.717) is 0 Å². The Morgan fingerprint density at radius 3 is 1.67 bits per heavy atom. The van der Waals surface area contributed by atoms with Crippen molar-refractivity contribution in [2.75, 3.05) is 0 Å². The zero-order valence-corrected chi connectivity index (χ0v) is 2.97. The van der Waals surface area contributed by atoms with E-state index in [1.54, 1.807) is 0 Å². The first kappa shape index (κ1) is 9.34. The van der Waals surface area contributed by atoms with Crippen molar-refractivity contribution in [1.29, 1.82) is 0 Å². The van der Waals surface area contributed by atoms with Crippen molar-refractivity contribution in [1.82, 2.24) is 0 Å². The topological polar surface area (TPSA) is 40.5 Å². The van der Waals surface area contributed by atoms with Gasteiger partial charge in [0.1, 0.15) is 0 Å². The average Bonchev–Trinajstić information content (AvgIpc) is 1.38. The van der Waals surface area contributed by atoms with Gasteiger partial charge in [0.15, 0.2) is 0 Å². The van der Waals surface area contributed by atoms with Crippen molar-refractivity contribution < 1.29 is 10.2 Å². The summed E-state index contributed by atoms with van der Waals surface area (Å²) in [4.78, 5) is 0. The standard InChI is InChI=1S/C3H6O2.Li.H/c1-2-3(4)5;;/h2,4-5H,1H3;;. The van der Waals surface area contributed by atoms with Crippen molar-refractivity contribution >= 4 is 18.9 Å². The van der Waals surface area contributed by atoms with Crippen LogP contribution in [-0.4, -0.2) is 29.1 Å². The van der Waals surface area contributed by atoms with Gasteiger partial charge in [0, 0.05) is 0 Å². The summed E-state index contributed by atoms with van der Waals surface area (Å²) in [6.45, 7) is 1.54. The molecular formula is C3H7LiO2. The first-order valence-electron chi connectivity index (χ1n) is 1.31. The molecule has 2 N–H and O–H groups in total. The van der Waals surface area contributed by atoms with E-state index in [1.165, 1.54) is 13.0 Å². The average molecular weight is 82.0 g/mol. The zero-order valence-electron chi connectivity index (χ0n) is 2.97. The molecule has 0 bridgehead atoms. The molecule has 0 fully saturated rings. The van der Waals surface area contributed by atoms with E-state index in [1.807, 2.05) is 0 Å². The summed E-state index contributed by atoms with van der Waals surface area (Å²) >= 11 is 0. The molecule has 0 aliphatic carbocycles. The number of rotatable bonds is 0. The molecule has 6 heavy (non-hydrogen) atoms. The fourth-order valence-electron chi connectivity index (χ4n) is 0. The Kier molecular flexibility index (Phi) is 7.68. The minimum absolute atomic E-state index is 0. The third-order valence-electron chi connectivity index (χ3n) is 0.258. The Morgan fingerprint density at radius 1 is 1.50 bits per heavy atom. The predicted molar refractivity (Wildman–Crippen MR) is 26.2 cm³/mol. The molecule has 0 saturated carbocycles. The third-order valence-corrected chi connectivity index (χ3v) is 0.258. The van der Waals surface area contributed by atoms with Crippen molar-refractivity contribution in [3.63, 3.8) is 0 Å². The minimum atomic E-state index is -0.620. The van der Waals surface area contributed by atoms with Crippen LogP contribution in [0.5, 0.6) is 0 Å². The van der Waals surface area contributed by atoms with Crippen LogP contribution in [0, 0.1) is 0 Å². The fourth-order valence-corrected chi connectivity index (χ4v) is 0. The molecule has 0 spiro atoms. The van der Waals surface area contributed by atoms with Crippen LogP contribution in [-0.2, 0) is 0 Å². The normalized spacial score (nSPS) is 5.50. The van der Waals surface area contributed by atoms with Crippen molar-refractivity contribution in [3.8, 4) is 0 Å². The fraction of sp³-hybridized carbons (Fsp3) is 0.333. The van der Waals surface area contributed by atoms with Gasteiger partial charge in [-0.2, -0.15) is 0 Å². The van der Waals surface area contributed by atoms with E-state index in [0.717, 1.165) is 0 Å². The van der Waals surface area contributed by atoms with Gasteiger partial charge in [-0.25, -0.2) is 0 Å². The number of aliphatic hydroxyl groups excluding tert-OH is 1. The summed E-state index contributed by atoms with van der Waals surface area (Å²) in [5.41, 5.74) is 0. The Labute approximate surface area is 48.7 Å². The molecule has 0 atom stereocenters. The molecule has 0 radical (unpaired) electrons. The molecule has 0 aromatic rings. The van der Waals surface area contributed by atoms with Crippen molar-refractivity contribution in [3.05, 3.63) is 12.0 Å². The van der Waals surface area contributed by atoms with Crippen LogP contribution in [0.3, 0.4) is 0 Å². The summed E-state index contributed by atoms with van der Waals surface area (Å²) in [6.07, 6.45) is 1.19. The Morgan fingerprint density at radius 2 is 1.67 bits per heavy atom. The molecule has 3 heteroatoms. The van der Waals surface area contributed by atoms with Gasteiger partial charge in [-0.05, 0) is 13.0 Å². The zero-order chi connectivity index (χ0) is 4.28. The van der Waals surface area contributed by atoms with Crippen LogP contribution in [0.15, 0.2) is 12.0 Å². The third kappa shape index (κ3) is 9.05. The SMILES string of the molecule is CC=C(O)O.[LiH]. The second kappa shape index (κ2) is 4.94. The molecule has 0 amide bonds. The second-order valence-electron chi connectivity index (χ2n) is 0.647. The van der Waals surface area contributed by atoms with Crippen LogP contribution in [0.25, 0.3) is 0 Å². The van der Waals surface area contributed by atoms with Crippen molar-refractivity contribution in [2.45, 2.75) is 6.92 Å². The molecule has 0 aliphatic heterocycles. The van der Waals surface area contributed by atoms with E-state index in [-0.39, 0.29) is 18.9 Å². The van der Waals surface area contributed by atoms with Crippen LogP contribution in [0.1, 0.15) is 6.92 Å². The summed E-state index contributed by atoms with van der Waals surface area (Å²) in [7, 11) is 0. The molecule has 0 aliphatic rings. The quantitative estimate of drug-likeness (QED) is 0.326. The molecule has 0 heterocycles. The molecular weight excluding hydrogens is 75.0 g/mol. The maximum atomic E-state index is 7.78. The molecule has 0 unspecified atom stereocenters. The van der Waals surface area contributed by atoms with Crippen LogP contribution in [0.2, 0.25) is 0 Å². The molecule has 32 valence electrons. The predicted octanol–water partition coefficient (Wildman–Crippen LogP) is 0.315. The molecule has 0 aromatic carbocycles. The van der Waals surface area contributed by atoms with Gasteiger partial charge in [-0.3, -0.25) is 0 Å². The van der Waals surface area contributed by atoms with Gasteiger partial charge in [-0.1, -0.05) is 0 Å². The molecule has 0 rings (SSSR count). The van der Waals surface area contributed by atoms with E-state index in [4.69, 9.17) is 10.2 Å².